The zero-order valence-corrected chi connectivity index (χ0v) is 13.5. The number of nitrogens with one attached hydrogen (secondary N) is 1. The summed E-state index contributed by atoms with van der Waals surface area (Å²) in [5, 5.41) is 15.8. The second kappa shape index (κ2) is 7.00. The van der Waals surface area contributed by atoms with Crippen LogP contribution in [0.1, 0.15) is 32.0 Å². The highest BCUT2D eigenvalue weighted by atomic mass is 16.5. The van der Waals surface area contributed by atoms with Crippen molar-refractivity contribution in [3.05, 3.63) is 77.0 Å². The molecule has 0 aliphatic carbocycles. The Morgan fingerprint density at radius 3 is 2.60 bits per heavy atom. The van der Waals surface area contributed by atoms with Gasteiger partial charge in [-0.25, -0.2) is 4.79 Å². The molecule has 0 fully saturated rings. The molecule has 0 aliphatic heterocycles. The number of amides is 1. The summed E-state index contributed by atoms with van der Waals surface area (Å²) in [5.41, 5.74) is 2.52. The molecule has 0 spiro atoms. The first-order valence-electron chi connectivity index (χ1n) is 7.68. The van der Waals surface area contributed by atoms with E-state index in [1.165, 1.54) is 12.1 Å². The molecule has 1 aromatic heterocycles. The van der Waals surface area contributed by atoms with Gasteiger partial charge in [-0.15, -0.1) is 0 Å². The average molecular weight is 336 g/mol. The molecule has 6 nitrogen and oxygen atoms in total. The van der Waals surface area contributed by atoms with Crippen LogP contribution in [0.4, 0.5) is 0 Å². The molecule has 2 N–H and O–H groups in total. The van der Waals surface area contributed by atoms with Gasteiger partial charge in [-0.3, -0.25) is 4.79 Å². The molecule has 0 bridgehead atoms. The summed E-state index contributed by atoms with van der Waals surface area (Å²) in [6, 6.07) is 15.7. The fraction of sp³-hybridized carbons (Fsp3) is 0.105. The van der Waals surface area contributed by atoms with Crippen LogP contribution in [0.15, 0.2) is 59.1 Å². The highest BCUT2D eigenvalue weighted by Crippen LogP contribution is 2.25. The number of rotatable bonds is 5. The highest BCUT2D eigenvalue weighted by molar-refractivity contribution is 6.00. The lowest BCUT2D eigenvalue weighted by Gasteiger charge is -2.07. The zero-order chi connectivity index (χ0) is 17.8. The molecule has 3 aromatic rings. The van der Waals surface area contributed by atoms with Crippen molar-refractivity contribution >= 4 is 11.9 Å². The minimum atomic E-state index is -1.01. The van der Waals surface area contributed by atoms with Gasteiger partial charge < -0.3 is 14.9 Å². The van der Waals surface area contributed by atoms with Gasteiger partial charge in [0, 0.05) is 12.1 Å². The second-order valence-corrected chi connectivity index (χ2v) is 5.52. The highest BCUT2D eigenvalue weighted by Gasteiger charge is 2.21. The van der Waals surface area contributed by atoms with Crippen molar-refractivity contribution < 1.29 is 19.2 Å². The summed E-state index contributed by atoms with van der Waals surface area (Å²) in [5.74, 6) is -0.900. The maximum absolute atomic E-state index is 12.6. The van der Waals surface area contributed by atoms with E-state index in [4.69, 9.17) is 9.63 Å². The van der Waals surface area contributed by atoms with Gasteiger partial charge in [-0.2, -0.15) is 0 Å². The van der Waals surface area contributed by atoms with Crippen molar-refractivity contribution in [3.63, 3.8) is 0 Å². The van der Waals surface area contributed by atoms with Crippen molar-refractivity contribution in [1.29, 1.82) is 0 Å². The van der Waals surface area contributed by atoms with E-state index < -0.39 is 5.97 Å². The summed E-state index contributed by atoms with van der Waals surface area (Å²) in [6.07, 6.45) is 0. The normalized spacial score (nSPS) is 10.4. The second-order valence-electron chi connectivity index (χ2n) is 5.52. The molecule has 0 saturated carbocycles. The smallest absolute Gasteiger partial charge is 0.335 e. The Morgan fingerprint density at radius 1 is 1.12 bits per heavy atom. The molecule has 0 unspecified atom stereocenters. The molecule has 0 saturated heterocycles. The first kappa shape index (κ1) is 16.4. The van der Waals surface area contributed by atoms with E-state index in [1.54, 1.807) is 19.1 Å². The number of carboxylic acid groups (broad SMARTS) is 1. The largest absolute Gasteiger partial charge is 0.478 e. The fourth-order valence-corrected chi connectivity index (χ4v) is 2.52. The van der Waals surface area contributed by atoms with Crippen LogP contribution >= 0.6 is 0 Å². The molecule has 2 aromatic carbocycles. The van der Waals surface area contributed by atoms with Crippen LogP contribution in [0.5, 0.6) is 0 Å². The number of nitrogens with zero attached hydrogens (tertiary/aromatic N) is 1. The monoisotopic (exact) mass is 336 g/mol. The Kier molecular flexibility index (Phi) is 4.61. The van der Waals surface area contributed by atoms with Gasteiger partial charge in [0.1, 0.15) is 17.0 Å². The van der Waals surface area contributed by atoms with Crippen molar-refractivity contribution in [2.75, 3.05) is 0 Å². The van der Waals surface area contributed by atoms with Crippen LogP contribution in [-0.2, 0) is 6.54 Å². The van der Waals surface area contributed by atoms with Crippen LogP contribution in [0, 0.1) is 6.92 Å². The van der Waals surface area contributed by atoms with Crippen LogP contribution < -0.4 is 5.32 Å². The van der Waals surface area contributed by atoms with Crippen LogP contribution in [-0.4, -0.2) is 22.1 Å². The van der Waals surface area contributed by atoms with Gasteiger partial charge in [-0.05, 0) is 24.6 Å². The van der Waals surface area contributed by atoms with Gasteiger partial charge in [0.2, 0.25) is 0 Å². The molecular formula is C19H16N2O4. The Morgan fingerprint density at radius 2 is 1.88 bits per heavy atom. The Labute approximate surface area is 144 Å². The third-order valence-corrected chi connectivity index (χ3v) is 3.76. The molecule has 1 amide bonds. The molecule has 126 valence electrons. The summed E-state index contributed by atoms with van der Waals surface area (Å²) >= 11 is 0. The van der Waals surface area contributed by atoms with Crippen molar-refractivity contribution in [3.8, 4) is 11.3 Å². The van der Waals surface area contributed by atoms with E-state index in [1.807, 2.05) is 30.3 Å². The van der Waals surface area contributed by atoms with Gasteiger partial charge in [0.05, 0.1) is 5.56 Å². The fourth-order valence-electron chi connectivity index (χ4n) is 2.52. The molecular weight excluding hydrogens is 320 g/mol. The lowest BCUT2D eigenvalue weighted by Crippen LogP contribution is -2.23. The predicted octanol–water partition coefficient (Wildman–Crippen LogP) is 3.28. The number of aryl methyl sites for hydroxylation is 1. The lowest BCUT2D eigenvalue weighted by atomic mass is 10.1. The Bertz CT molecular complexity index is 916. The van der Waals surface area contributed by atoms with E-state index in [-0.39, 0.29) is 18.0 Å². The van der Waals surface area contributed by atoms with Crippen molar-refractivity contribution in [2.24, 2.45) is 0 Å². The Balaban J connectivity index is 1.80. The summed E-state index contributed by atoms with van der Waals surface area (Å²) < 4.78 is 5.19. The first-order valence-corrected chi connectivity index (χ1v) is 7.68. The molecule has 25 heavy (non-hydrogen) atoms. The SMILES string of the molecule is Cc1onc(-c2ccccc2)c1C(=O)NCc1cccc(C(=O)O)c1. The third kappa shape index (κ3) is 3.58. The quantitative estimate of drug-likeness (QED) is 0.746. The summed E-state index contributed by atoms with van der Waals surface area (Å²) in [6.45, 7) is 1.89. The van der Waals surface area contributed by atoms with Crippen LogP contribution in [0.2, 0.25) is 0 Å². The van der Waals surface area contributed by atoms with Crippen molar-refractivity contribution in [1.82, 2.24) is 10.5 Å². The summed E-state index contributed by atoms with van der Waals surface area (Å²) in [7, 11) is 0. The third-order valence-electron chi connectivity index (χ3n) is 3.76. The molecule has 0 radical (unpaired) electrons. The molecule has 0 aliphatic rings. The average Bonchev–Trinajstić information content (AvgIpc) is 3.02. The van der Waals surface area contributed by atoms with Gasteiger partial charge in [-0.1, -0.05) is 47.6 Å². The number of carbonyl (C=O) groups excluding carboxylic acids is 1. The minimum Gasteiger partial charge on any atom is -0.478 e. The van der Waals surface area contributed by atoms with Crippen molar-refractivity contribution in [2.45, 2.75) is 13.5 Å². The Hall–Kier alpha value is -3.41. The number of aromatic carboxylic acids is 1. The predicted molar refractivity (Wildman–Crippen MR) is 91.2 cm³/mol. The molecule has 3 rings (SSSR count). The number of hydrogen-bond donors (Lipinski definition) is 2. The number of hydrogen-bond acceptors (Lipinski definition) is 4. The van der Waals surface area contributed by atoms with E-state index in [0.717, 1.165) is 5.56 Å². The molecule has 0 atom stereocenters. The number of carbonyl (C=O) groups is 2. The first-order chi connectivity index (χ1) is 12.1. The lowest BCUT2D eigenvalue weighted by molar-refractivity contribution is 0.0696. The van der Waals surface area contributed by atoms with E-state index in [9.17, 15) is 9.59 Å². The minimum absolute atomic E-state index is 0.179. The molecule has 6 heteroatoms. The van der Waals surface area contributed by atoms with Crippen LogP contribution in [0.25, 0.3) is 11.3 Å². The molecule has 1 heterocycles. The summed E-state index contributed by atoms with van der Waals surface area (Å²) in [4.78, 5) is 23.6. The number of aromatic nitrogens is 1. The van der Waals surface area contributed by atoms with E-state index in [2.05, 4.69) is 10.5 Å². The van der Waals surface area contributed by atoms with Crippen LogP contribution in [0.3, 0.4) is 0 Å². The van der Waals surface area contributed by atoms with E-state index >= 15 is 0 Å². The van der Waals surface area contributed by atoms with Gasteiger partial charge in [0.15, 0.2) is 0 Å². The number of benzene rings is 2. The van der Waals surface area contributed by atoms with Gasteiger partial charge in [0.25, 0.3) is 5.91 Å². The number of carboxylic acids is 1. The van der Waals surface area contributed by atoms with E-state index in [0.29, 0.717) is 22.6 Å². The standard InChI is InChI=1S/C19H16N2O4/c1-12-16(17(21-25-12)14-7-3-2-4-8-14)18(22)20-11-13-6-5-9-15(10-13)19(23)24/h2-10H,11H2,1H3,(H,20,22)(H,23,24). The maximum atomic E-state index is 12.6. The zero-order valence-electron chi connectivity index (χ0n) is 13.5. The topological polar surface area (TPSA) is 92.4 Å². The maximum Gasteiger partial charge on any atom is 0.335 e. The van der Waals surface area contributed by atoms with Gasteiger partial charge >= 0.3 is 5.97 Å².